The van der Waals surface area contributed by atoms with Crippen LogP contribution in [0.5, 0.6) is 0 Å². The van der Waals surface area contributed by atoms with Crippen LogP contribution in [0.25, 0.3) is 0 Å². The first kappa shape index (κ1) is 19.0. The van der Waals surface area contributed by atoms with E-state index in [1.54, 1.807) is 24.9 Å². The Morgan fingerprint density at radius 2 is 2.00 bits per heavy atom. The normalized spacial score (nSPS) is 17.4. The van der Waals surface area contributed by atoms with Gasteiger partial charge in [0.2, 0.25) is 5.09 Å². The minimum absolute atomic E-state index is 0. The topological polar surface area (TPSA) is 91.1 Å². The van der Waals surface area contributed by atoms with Crippen LogP contribution < -0.4 is 0 Å². The Bertz CT molecular complexity index is 610. The molecule has 1 aromatic rings. The van der Waals surface area contributed by atoms with Gasteiger partial charge in [-0.05, 0) is 38.9 Å². The summed E-state index contributed by atoms with van der Waals surface area (Å²) in [5, 5.41) is 8.86. The second-order valence-electron chi connectivity index (χ2n) is 5.26. The maximum atomic E-state index is 12.3. The molecule has 1 saturated heterocycles. The van der Waals surface area contributed by atoms with Gasteiger partial charge < -0.3 is 9.52 Å². The minimum atomic E-state index is -3.56. The molecular formula is C13H21ClN2O5S. The third-order valence-corrected chi connectivity index (χ3v) is 5.49. The number of halogens is 1. The number of rotatable bonds is 6. The van der Waals surface area contributed by atoms with Crippen LogP contribution in [0.1, 0.15) is 25.5 Å². The molecular weight excluding hydrogens is 332 g/mol. The van der Waals surface area contributed by atoms with E-state index in [-0.39, 0.29) is 24.0 Å². The molecule has 1 unspecified atom stereocenters. The first-order valence-corrected chi connectivity index (χ1v) is 8.28. The Hall–Kier alpha value is -1.09. The smallest absolute Gasteiger partial charge is 0.320 e. The number of likely N-dealkylation sites (N-methyl/N-ethyl adjacent to an activating group) is 1. The van der Waals surface area contributed by atoms with Gasteiger partial charge >= 0.3 is 5.97 Å². The quantitative estimate of drug-likeness (QED) is 0.832. The van der Waals surface area contributed by atoms with Crippen LogP contribution in [-0.2, 0) is 21.4 Å². The molecule has 1 N–H and O–H groups in total. The van der Waals surface area contributed by atoms with E-state index in [1.807, 2.05) is 0 Å². The van der Waals surface area contributed by atoms with Crippen molar-refractivity contribution in [1.82, 2.24) is 9.21 Å². The van der Waals surface area contributed by atoms with Crippen molar-refractivity contribution in [2.75, 3.05) is 20.1 Å². The predicted molar refractivity (Wildman–Crippen MR) is 82.5 cm³/mol. The van der Waals surface area contributed by atoms with Crippen molar-refractivity contribution in [1.29, 1.82) is 0 Å². The Morgan fingerprint density at radius 3 is 2.55 bits per heavy atom. The first-order valence-electron chi connectivity index (χ1n) is 6.84. The van der Waals surface area contributed by atoms with E-state index in [0.717, 1.165) is 12.8 Å². The molecule has 0 saturated carbocycles. The molecule has 22 heavy (non-hydrogen) atoms. The van der Waals surface area contributed by atoms with Gasteiger partial charge in [0, 0.05) is 13.1 Å². The largest absolute Gasteiger partial charge is 0.480 e. The highest BCUT2D eigenvalue weighted by Crippen LogP contribution is 2.23. The number of furan rings is 1. The van der Waals surface area contributed by atoms with Crippen LogP contribution in [0, 0.1) is 0 Å². The van der Waals surface area contributed by atoms with Crippen LogP contribution in [0.15, 0.2) is 21.6 Å². The predicted octanol–water partition coefficient (Wildman–Crippen LogP) is 1.39. The molecule has 0 amide bonds. The number of nitrogens with zero attached hydrogens (tertiary/aromatic N) is 2. The zero-order valence-corrected chi connectivity index (χ0v) is 14.2. The molecule has 1 fully saturated rings. The van der Waals surface area contributed by atoms with E-state index >= 15 is 0 Å². The molecule has 0 spiro atoms. The van der Waals surface area contributed by atoms with Crippen LogP contribution in [0.2, 0.25) is 0 Å². The van der Waals surface area contributed by atoms with Crippen molar-refractivity contribution in [2.45, 2.75) is 37.4 Å². The van der Waals surface area contributed by atoms with Gasteiger partial charge in [-0.1, -0.05) is 0 Å². The number of aliphatic carboxylic acids is 1. The zero-order valence-electron chi connectivity index (χ0n) is 12.6. The molecule has 1 aromatic heterocycles. The van der Waals surface area contributed by atoms with E-state index in [4.69, 9.17) is 9.52 Å². The molecule has 7 nitrogen and oxygen atoms in total. The minimum Gasteiger partial charge on any atom is -0.480 e. The Morgan fingerprint density at radius 1 is 1.41 bits per heavy atom. The fraction of sp³-hybridized carbons (Fsp3) is 0.615. The molecule has 0 aliphatic carbocycles. The lowest BCUT2D eigenvalue weighted by Crippen LogP contribution is -2.35. The van der Waals surface area contributed by atoms with Crippen LogP contribution >= 0.6 is 12.4 Å². The summed E-state index contributed by atoms with van der Waals surface area (Å²) in [7, 11) is -1.91. The van der Waals surface area contributed by atoms with Crippen molar-refractivity contribution < 1.29 is 22.7 Å². The van der Waals surface area contributed by atoms with Gasteiger partial charge in [0.15, 0.2) is 0 Å². The van der Waals surface area contributed by atoms with Crippen LogP contribution in [0.4, 0.5) is 0 Å². The average Bonchev–Trinajstić information content (AvgIpc) is 3.08. The number of hydrogen-bond acceptors (Lipinski definition) is 5. The van der Waals surface area contributed by atoms with E-state index in [2.05, 4.69) is 0 Å². The van der Waals surface area contributed by atoms with E-state index in [1.165, 1.54) is 10.4 Å². The molecule has 126 valence electrons. The van der Waals surface area contributed by atoms with Crippen LogP contribution in [0.3, 0.4) is 0 Å². The summed E-state index contributed by atoms with van der Waals surface area (Å²) in [6.45, 7) is 2.85. The molecule has 1 atom stereocenters. The molecule has 2 rings (SSSR count). The molecule has 1 aliphatic heterocycles. The lowest BCUT2D eigenvalue weighted by Gasteiger charge is -2.19. The monoisotopic (exact) mass is 352 g/mol. The van der Waals surface area contributed by atoms with Gasteiger partial charge in [-0.3, -0.25) is 9.69 Å². The fourth-order valence-electron chi connectivity index (χ4n) is 2.21. The first-order chi connectivity index (χ1) is 9.82. The van der Waals surface area contributed by atoms with Crippen molar-refractivity contribution in [3.63, 3.8) is 0 Å². The number of carboxylic acid groups (broad SMARTS) is 1. The Balaban J connectivity index is 0.00000242. The maximum absolute atomic E-state index is 12.3. The maximum Gasteiger partial charge on any atom is 0.320 e. The van der Waals surface area contributed by atoms with Crippen molar-refractivity contribution in [3.05, 3.63) is 17.9 Å². The van der Waals surface area contributed by atoms with E-state index in [0.29, 0.717) is 18.8 Å². The number of sulfonamides is 1. The average molecular weight is 353 g/mol. The third-order valence-electron chi connectivity index (χ3n) is 3.72. The summed E-state index contributed by atoms with van der Waals surface area (Å²) < 4.78 is 31.4. The van der Waals surface area contributed by atoms with Crippen molar-refractivity contribution in [2.24, 2.45) is 0 Å². The highest BCUT2D eigenvalue weighted by Gasteiger charge is 2.30. The Labute approximate surface area is 136 Å². The van der Waals surface area contributed by atoms with Gasteiger partial charge in [-0.25, -0.2) is 8.42 Å². The molecule has 2 heterocycles. The molecule has 0 aromatic carbocycles. The second kappa shape index (κ2) is 7.45. The summed E-state index contributed by atoms with van der Waals surface area (Å²) in [5.74, 6) is -0.502. The lowest BCUT2D eigenvalue weighted by atomic mass is 10.3. The number of carbonyl (C=O) groups is 1. The standard InChI is InChI=1S/C13H20N2O5S.ClH/c1-10(13(16)17)14(2)9-11-5-6-12(20-11)21(18,19)15-7-3-4-8-15;/h5-6,10H,3-4,7-9H2,1-2H3,(H,16,17);1H. The van der Waals surface area contributed by atoms with Crippen molar-refractivity contribution >= 4 is 28.4 Å². The van der Waals surface area contributed by atoms with Gasteiger partial charge in [0.05, 0.1) is 6.54 Å². The SMILES string of the molecule is CC(C(=O)O)N(C)Cc1ccc(S(=O)(=O)N2CCCC2)o1.Cl. The molecule has 1 aliphatic rings. The van der Waals surface area contributed by atoms with E-state index in [9.17, 15) is 13.2 Å². The van der Waals surface area contributed by atoms with E-state index < -0.39 is 22.0 Å². The van der Waals surface area contributed by atoms with Gasteiger partial charge in [-0.15, -0.1) is 12.4 Å². The fourth-order valence-corrected chi connectivity index (χ4v) is 3.65. The summed E-state index contributed by atoms with van der Waals surface area (Å²) >= 11 is 0. The molecule has 9 heteroatoms. The third kappa shape index (κ3) is 4.01. The zero-order chi connectivity index (χ0) is 15.6. The highest BCUT2D eigenvalue weighted by molar-refractivity contribution is 7.89. The lowest BCUT2D eigenvalue weighted by molar-refractivity contribution is -0.142. The summed E-state index contributed by atoms with van der Waals surface area (Å²) in [4.78, 5) is 12.5. The molecule has 0 radical (unpaired) electrons. The van der Waals surface area contributed by atoms with Gasteiger partial charge in [0.25, 0.3) is 10.0 Å². The summed E-state index contributed by atoms with van der Waals surface area (Å²) in [5.41, 5.74) is 0. The van der Waals surface area contributed by atoms with Gasteiger partial charge in [0.1, 0.15) is 11.8 Å². The van der Waals surface area contributed by atoms with Gasteiger partial charge in [-0.2, -0.15) is 4.31 Å². The number of carboxylic acids is 1. The molecule has 0 bridgehead atoms. The van der Waals surface area contributed by atoms with Crippen molar-refractivity contribution in [3.8, 4) is 0 Å². The highest BCUT2D eigenvalue weighted by atomic mass is 35.5. The summed E-state index contributed by atoms with van der Waals surface area (Å²) in [6, 6.07) is 2.34. The number of hydrogen-bond donors (Lipinski definition) is 1. The second-order valence-corrected chi connectivity index (χ2v) is 7.13. The Kier molecular flexibility index (Phi) is 6.42. The summed E-state index contributed by atoms with van der Waals surface area (Å²) in [6.07, 6.45) is 1.73. The van der Waals surface area contributed by atoms with Crippen LogP contribution in [-0.4, -0.2) is 54.9 Å².